The average molecular weight is 430 g/mol. The van der Waals surface area contributed by atoms with E-state index < -0.39 is 5.91 Å². The monoisotopic (exact) mass is 429 g/mol. The number of carbonyl (C=O) groups excluding carboxylic acids is 1. The number of nitrogens with one attached hydrogen (secondary N) is 1. The zero-order valence-corrected chi connectivity index (χ0v) is 18.1. The Labute approximate surface area is 174 Å². The van der Waals surface area contributed by atoms with E-state index in [1.165, 1.54) is 11.3 Å². The number of thioether (sulfide) groups is 1. The Morgan fingerprint density at radius 1 is 1.41 bits per heavy atom. The van der Waals surface area contributed by atoms with Gasteiger partial charge in [-0.1, -0.05) is 20.8 Å². The van der Waals surface area contributed by atoms with Gasteiger partial charge in [0.15, 0.2) is 0 Å². The summed E-state index contributed by atoms with van der Waals surface area (Å²) in [6.45, 7) is 6.26. The quantitative estimate of drug-likeness (QED) is 0.774. The van der Waals surface area contributed by atoms with Crippen LogP contribution in [-0.2, 0) is 16.0 Å². The molecule has 0 spiro atoms. The zero-order chi connectivity index (χ0) is 18.9. The molecule has 1 saturated carbocycles. The van der Waals surface area contributed by atoms with Crippen LogP contribution >= 0.6 is 35.5 Å². The van der Waals surface area contributed by atoms with Crippen molar-refractivity contribution in [3.63, 3.8) is 0 Å². The van der Waals surface area contributed by atoms with Gasteiger partial charge < -0.3 is 10.2 Å². The van der Waals surface area contributed by atoms with E-state index >= 15 is 0 Å². The predicted molar refractivity (Wildman–Crippen MR) is 111 cm³/mol. The molecule has 1 aliphatic rings. The lowest BCUT2D eigenvalue weighted by molar-refractivity contribution is -0.124. The van der Waals surface area contributed by atoms with Crippen molar-refractivity contribution in [2.45, 2.75) is 62.0 Å². The Morgan fingerprint density at radius 2 is 2.15 bits per heavy atom. The minimum Gasteiger partial charge on any atom is -0.444 e. The Bertz CT molecular complexity index is 745. The molecule has 6 nitrogen and oxygen atoms in total. The van der Waals surface area contributed by atoms with E-state index in [2.05, 4.69) is 30.7 Å². The van der Waals surface area contributed by atoms with Crippen LogP contribution in [0.3, 0.4) is 0 Å². The summed E-state index contributed by atoms with van der Waals surface area (Å²) in [6.07, 6.45) is 4.81. The zero-order valence-electron chi connectivity index (χ0n) is 15.7. The highest BCUT2D eigenvalue weighted by Crippen LogP contribution is 2.42. The minimum atomic E-state index is -0.520. The normalized spacial score (nSPS) is 25.8. The summed E-state index contributed by atoms with van der Waals surface area (Å²) < 4.78 is 5.84. The van der Waals surface area contributed by atoms with Gasteiger partial charge in [-0.25, -0.2) is 9.97 Å². The summed E-state index contributed by atoms with van der Waals surface area (Å²) in [6, 6.07) is -0.0402. The molecule has 0 aliphatic heterocycles. The van der Waals surface area contributed by atoms with Crippen LogP contribution in [-0.4, -0.2) is 27.2 Å². The van der Waals surface area contributed by atoms with Gasteiger partial charge in [-0.2, -0.15) is 0 Å². The number of carbonyl (C=O) groups is 1. The van der Waals surface area contributed by atoms with Crippen molar-refractivity contribution in [1.82, 2.24) is 15.7 Å². The molecule has 3 N–H and O–H groups in total. The molecule has 1 fully saturated rings. The third-order valence-corrected chi connectivity index (χ3v) is 7.09. The van der Waals surface area contributed by atoms with E-state index in [4.69, 9.17) is 15.9 Å². The maximum Gasteiger partial charge on any atom is 0.242 e. The highest BCUT2D eigenvalue weighted by Gasteiger charge is 2.40. The molecule has 1 radical (unpaired) electrons. The maximum atomic E-state index is 11.9. The van der Waals surface area contributed by atoms with Crippen molar-refractivity contribution in [2.24, 2.45) is 11.7 Å². The van der Waals surface area contributed by atoms with E-state index in [1.54, 1.807) is 24.2 Å². The topological polar surface area (TPSA) is 106 Å². The van der Waals surface area contributed by atoms with Crippen molar-refractivity contribution in [3.8, 4) is 0 Å². The molecule has 27 heavy (non-hydrogen) atoms. The molecule has 2 heterocycles. The van der Waals surface area contributed by atoms with Gasteiger partial charge >= 0.3 is 0 Å². The lowest BCUT2D eigenvalue weighted by Gasteiger charge is -2.37. The molecular formula is C18H26ClN4O2S2. The fourth-order valence-electron chi connectivity index (χ4n) is 3.27. The van der Waals surface area contributed by atoms with Gasteiger partial charge in [0.25, 0.3) is 0 Å². The van der Waals surface area contributed by atoms with E-state index in [0.717, 1.165) is 10.8 Å². The summed E-state index contributed by atoms with van der Waals surface area (Å²) >= 11 is 3.20. The number of amides is 1. The molecule has 4 atom stereocenters. The number of hydrogen-bond acceptors (Lipinski definition) is 7. The third-order valence-electron chi connectivity index (χ3n) is 4.79. The molecule has 2 aromatic heterocycles. The fraction of sp³-hybridized carbons (Fsp3) is 0.611. The SMILES string of the molecule is CC(C)(C)c1cnc(CSC2CC(C([NH])=O)C(c3nccs3)CC2N)o1.Cl. The van der Waals surface area contributed by atoms with Gasteiger partial charge in [-0.05, 0) is 12.8 Å². The second-order valence-corrected chi connectivity index (χ2v) is 9.95. The molecule has 0 saturated heterocycles. The highest BCUT2D eigenvalue weighted by molar-refractivity contribution is 7.99. The van der Waals surface area contributed by atoms with Crippen LogP contribution < -0.4 is 11.5 Å². The Morgan fingerprint density at radius 3 is 2.70 bits per heavy atom. The number of oxazole rings is 1. The summed E-state index contributed by atoms with van der Waals surface area (Å²) in [4.78, 5) is 20.6. The largest absolute Gasteiger partial charge is 0.444 e. The van der Waals surface area contributed by atoms with E-state index in [-0.39, 0.29) is 40.9 Å². The van der Waals surface area contributed by atoms with Crippen LogP contribution in [0.1, 0.15) is 56.2 Å². The van der Waals surface area contributed by atoms with Gasteiger partial charge in [0.05, 0.1) is 22.9 Å². The standard InChI is InChI=1S/C18H25N4O2S2.ClH/c1-18(2,3)14-8-22-15(24-14)9-26-13-7-10(16(20)23)11(6-12(13)19)17-21-4-5-25-17;/h4-5,8,10-13,20H,6-7,9,19H2,1-3H3;1H. The second-order valence-electron chi connectivity index (χ2n) is 7.80. The van der Waals surface area contributed by atoms with Crippen molar-refractivity contribution in [2.75, 3.05) is 0 Å². The first-order valence-corrected chi connectivity index (χ1v) is 10.7. The number of thiazole rings is 1. The molecule has 149 valence electrons. The van der Waals surface area contributed by atoms with E-state index in [0.29, 0.717) is 24.5 Å². The van der Waals surface area contributed by atoms with Crippen LogP contribution in [0.4, 0.5) is 0 Å². The molecule has 1 amide bonds. The first kappa shape index (κ1) is 22.2. The van der Waals surface area contributed by atoms with Crippen LogP contribution in [0.25, 0.3) is 0 Å². The van der Waals surface area contributed by atoms with Gasteiger partial charge in [-0.15, -0.1) is 35.5 Å². The molecule has 4 unspecified atom stereocenters. The van der Waals surface area contributed by atoms with E-state index in [1.807, 2.05) is 5.38 Å². The van der Waals surface area contributed by atoms with Crippen molar-refractivity contribution in [3.05, 3.63) is 34.4 Å². The smallest absolute Gasteiger partial charge is 0.242 e. The van der Waals surface area contributed by atoms with Crippen molar-refractivity contribution < 1.29 is 9.21 Å². The number of halogens is 1. The molecule has 0 aromatic carbocycles. The number of rotatable bonds is 5. The first-order valence-electron chi connectivity index (χ1n) is 8.73. The van der Waals surface area contributed by atoms with Gasteiger partial charge in [-0.3, -0.25) is 10.5 Å². The van der Waals surface area contributed by atoms with Crippen LogP contribution in [0, 0.1) is 5.92 Å². The summed E-state index contributed by atoms with van der Waals surface area (Å²) in [5.74, 6) is 1.27. The van der Waals surface area contributed by atoms with Crippen molar-refractivity contribution in [1.29, 1.82) is 0 Å². The fourth-order valence-corrected chi connectivity index (χ4v) is 5.28. The summed E-state index contributed by atoms with van der Waals surface area (Å²) in [5, 5.41) is 2.93. The second kappa shape index (κ2) is 8.94. The molecule has 1 aliphatic carbocycles. The van der Waals surface area contributed by atoms with Crippen LogP contribution in [0.15, 0.2) is 22.2 Å². The molecular weight excluding hydrogens is 404 g/mol. The van der Waals surface area contributed by atoms with Gasteiger partial charge in [0.2, 0.25) is 11.8 Å². The number of aromatic nitrogens is 2. The minimum absolute atomic E-state index is 0. The molecule has 0 bridgehead atoms. The number of nitrogens with zero attached hydrogens (tertiary/aromatic N) is 2. The summed E-state index contributed by atoms with van der Waals surface area (Å²) in [5.41, 5.74) is 14.0. The Hall–Kier alpha value is -1.09. The third kappa shape index (κ3) is 5.25. The molecule has 9 heteroatoms. The van der Waals surface area contributed by atoms with Crippen molar-refractivity contribution >= 4 is 41.4 Å². The number of nitrogens with two attached hydrogens (primary N) is 1. The Kier molecular flexibility index (Phi) is 7.35. The average Bonchev–Trinajstić information content (AvgIpc) is 3.24. The van der Waals surface area contributed by atoms with Gasteiger partial charge in [0.1, 0.15) is 5.76 Å². The first-order chi connectivity index (χ1) is 12.3. The predicted octanol–water partition coefficient (Wildman–Crippen LogP) is 3.78. The van der Waals surface area contributed by atoms with Crippen LogP contribution in [0.2, 0.25) is 0 Å². The maximum absolute atomic E-state index is 11.9. The lowest BCUT2D eigenvalue weighted by Crippen LogP contribution is -2.44. The van der Waals surface area contributed by atoms with Gasteiger partial charge in [0, 0.05) is 34.2 Å². The molecule has 3 rings (SSSR count). The molecule has 2 aromatic rings. The van der Waals surface area contributed by atoms with E-state index in [9.17, 15) is 4.79 Å². The number of hydrogen-bond donors (Lipinski definition) is 1. The highest BCUT2D eigenvalue weighted by atomic mass is 35.5. The van der Waals surface area contributed by atoms with Crippen LogP contribution in [0.5, 0.6) is 0 Å². The summed E-state index contributed by atoms with van der Waals surface area (Å²) in [7, 11) is 0. The lowest BCUT2D eigenvalue weighted by atomic mass is 9.76. The Balaban J connectivity index is 0.00000261.